The molecule has 0 aromatic heterocycles. The molecule has 0 spiro atoms. The first-order chi connectivity index (χ1) is 12.5. The standard InChI is InChI=1S/C22H29NO2S/c1-5-20(25-21-11-10-16(2)14-18(21)4)22(24)23-12-13-26-15-19-9-7-6-8-17(19)3/h6-11,14,20H,5,12-13,15H2,1-4H3,(H,23,24). The van der Waals surface area contributed by atoms with E-state index in [1.54, 1.807) is 0 Å². The molecule has 1 amide bonds. The molecule has 26 heavy (non-hydrogen) atoms. The number of aryl methyl sites for hydroxylation is 3. The van der Waals surface area contributed by atoms with E-state index in [2.05, 4.69) is 49.5 Å². The first kappa shape index (κ1) is 20.4. The Morgan fingerprint density at radius 3 is 2.58 bits per heavy atom. The van der Waals surface area contributed by atoms with Gasteiger partial charge in [0.25, 0.3) is 5.91 Å². The number of carbonyl (C=O) groups is 1. The fourth-order valence-electron chi connectivity index (χ4n) is 2.72. The first-order valence-electron chi connectivity index (χ1n) is 9.15. The van der Waals surface area contributed by atoms with Gasteiger partial charge in [0.1, 0.15) is 5.75 Å². The van der Waals surface area contributed by atoms with Crippen molar-refractivity contribution in [1.29, 1.82) is 0 Å². The van der Waals surface area contributed by atoms with Gasteiger partial charge >= 0.3 is 0 Å². The van der Waals surface area contributed by atoms with Gasteiger partial charge in [-0.05, 0) is 49.9 Å². The number of rotatable bonds is 9. The Labute approximate surface area is 161 Å². The van der Waals surface area contributed by atoms with Crippen LogP contribution in [0, 0.1) is 20.8 Å². The van der Waals surface area contributed by atoms with Gasteiger partial charge in [0.15, 0.2) is 6.10 Å². The molecule has 1 atom stereocenters. The van der Waals surface area contributed by atoms with E-state index in [-0.39, 0.29) is 5.91 Å². The summed E-state index contributed by atoms with van der Waals surface area (Å²) in [5.41, 5.74) is 4.92. The fraction of sp³-hybridized carbons (Fsp3) is 0.409. The van der Waals surface area contributed by atoms with Gasteiger partial charge in [0, 0.05) is 18.1 Å². The van der Waals surface area contributed by atoms with E-state index in [1.807, 2.05) is 37.7 Å². The molecule has 3 nitrogen and oxygen atoms in total. The Kier molecular flexibility index (Phi) is 8.05. The monoisotopic (exact) mass is 371 g/mol. The lowest BCUT2D eigenvalue weighted by Gasteiger charge is -2.19. The number of amides is 1. The minimum Gasteiger partial charge on any atom is -0.480 e. The van der Waals surface area contributed by atoms with Gasteiger partial charge in [0.2, 0.25) is 0 Å². The van der Waals surface area contributed by atoms with E-state index in [0.717, 1.165) is 22.8 Å². The van der Waals surface area contributed by atoms with Crippen molar-refractivity contribution in [1.82, 2.24) is 5.32 Å². The topological polar surface area (TPSA) is 38.3 Å². The third-order valence-electron chi connectivity index (χ3n) is 4.33. The van der Waals surface area contributed by atoms with E-state index >= 15 is 0 Å². The zero-order valence-corrected chi connectivity index (χ0v) is 17.0. The molecule has 2 rings (SSSR count). The third-order valence-corrected chi connectivity index (χ3v) is 5.34. The van der Waals surface area contributed by atoms with Crippen LogP contribution >= 0.6 is 11.8 Å². The lowest BCUT2D eigenvalue weighted by molar-refractivity contribution is -0.128. The van der Waals surface area contributed by atoms with Crippen molar-refractivity contribution in [3.63, 3.8) is 0 Å². The molecule has 0 radical (unpaired) electrons. The van der Waals surface area contributed by atoms with Crippen molar-refractivity contribution in [3.8, 4) is 5.75 Å². The molecule has 140 valence electrons. The molecule has 0 saturated heterocycles. The molecular weight excluding hydrogens is 342 g/mol. The summed E-state index contributed by atoms with van der Waals surface area (Å²) in [6.07, 6.45) is 0.202. The number of nitrogens with one attached hydrogen (secondary N) is 1. The average Bonchev–Trinajstić information content (AvgIpc) is 2.62. The summed E-state index contributed by atoms with van der Waals surface area (Å²) in [7, 11) is 0. The molecule has 0 aliphatic rings. The van der Waals surface area contributed by atoms with E-state index in [0.29, 0.717) is 13.0 Å². The van der Waals surface area contributed by atoms with E-state index < -0.39 is 6.10 Å². The Hall–Kier alpha value is -1.94. The van der Waals surface area contributed by atoms with Gasteiger partial charge in [-0.2, -0.15) is 11.8 Å². The maximum Gasteiger partial charge on any atom is 0.261 e. The quantitative estimate of drug-likeness (QED) is 0.642. The smallest absolute Gasteiger partial charge is 0.261 e. The fourth-order valence-corrected chi connectivity index (χ4v) is 3.66. The average molecular weight is 372 g/mol. The Bertz CT molecular complexity index is 730. The lowest BCUT2D eigenvalue weighted by atomic mass is 10.1. The van der Waals surface area contributed by atoms with Crippen molar-refractivity contribution in [3.05, 3.63) is 64.7 Å². The summed E-state index contributed by atoms with van der Waals surface area (Å²) in [6.45, 7) is 8.82. The summed E-state index contributed by atoms with van der Waals surface area (Å²) in [5.74, 6) is 2.61. The Morgan fingerprint density at radius 2 is 1.88 bits per heavy atom. The van der Waals surface area contributed by atoms with Gasteiger partial charge in [-0.15, -0.1) is 0 Å². The third kappa shape index (κ3) is 6.10. The van der Waals surface area contributed by atoms with Crippen LogP contribution < -0.4 is 10.1 Å². The molecule has 1 unspecified atom stereocenters. The molecule has 2 aromatic carbocycles. The first-order valence-corrected chi connectivity index (χ1v) is 10.3. The van der Waals surface area contributed by atoms with Crippen molar-refractivity contribution in [2.75, 3.05) is 12.3 Å². The van der Waals surface area contributed by atoms with Gasteiger partial charge < -0.3 is 10.1 Å². The van der Waals surface area contributed by atoms with Crippen LogP contribution in [0.15, 0.2) is 42.5 Å². The van der Waals surface area contributed by atoms with Crippen LogP contribution in [-0.2, 0) is 10.5 Å². The molecule has 4 heteroatoms. The lowest BCUT2D eigenvalue weighted by Crippen LogP contribution is -2.39. The Morgan fingerprint density at radius 1 is 1.12 bits per heavy atom. The van der Waals surface area contributed by atoms with Crippen LogP contribution in [0.4, 0.5) is 0 Å². The second-order valence-corrected chi connectivity index (χ2v) is 7.66. The molecule has 1 N–H and O–H groups in total. The largest absolute Gasteiger partial charge is 0.480 e. The molecular formula is C22H29NO2S. The summed E-state index contributed by atoms with van der Waals surface area (Å²) in [4.78, 5) is 12.4. The second kappa shape index (κ2) is 10.3. The SMILES string of the molecule is CCC(Oc1ccc(C)cc1C)C(=O)NCCSCc1ccccc1C. The zero-order chi connectivity index (χ0) is 18.9. The van der Waals surface area contributed by atoms with Crippen LogP contribution in [0.5, 0.6) is 5.75 Å². The molecule has 2 aromatic rings. The van der Waals surface area contributed by atoms with Crippen LogP contribution in [0.2, 0.25) is 0 Å². The predicted molar refractivity (Wildman–Crippen MR) is 111 cm³/mol. The van der Waals surface area contributed by atoms with Gasteiger partial charge in [-0.1, -0.05) is 48.9 Å². The normalized spacial score (nSPS) is 11.8. The van der Waals surface area contributed by atoms with Crippen molar-refractivity contribution in [2.24, 2.45) is 0 Å². The summed E-state index contributed by atoms with van der Waals surface area (Å²) >= 11 is 1.83. The van der Waals surface area contributed by atoms with Crippen molar-refractivity contribution < 1.29 is 9.53 Å². The van der Waals surface area contributed by atoms with Crippen LogP contribution in [0.1, 0.15) is 35.6 Å². The van der Waals surface area contributed by atoms with Crippen LogP contribution in [0.25, 0.3) is 0 Å². The number of benzene rings is 2. The summed E-state index contributed by atoms with van der Waals surface area (Å²) in [5, 5.41) is 3.00. The minimum absolute atomic E-state index is 0.0380. The molecule has 0 aliphatic carbocycles. The van der Waals surface area contributed by atoms with E-state index in [1.165, 1.54) is 16.7 Å². The highest BCUT2D eigenvalue weighted by atomic mass is 32.2. The van der Waals surface area contributed by atoms with E-state index in [9.17, 15) is 4.79 Å². The highest BCUT2D eigenvalue weighted by Crippen LogP contribution is 2.21. The van der Waals surface area contributed by atoms with Crippen LogP contribution in [-0.4, -0.2) is 24.3 Å². The summed E-state index contributed by atoms with van der Waals surface area (Å²) < 4.78 is 5.93. The second-order valence-electron chi connectivity index (χ2n) is 6.55. The van der Waals surface area contributed by atoms with E-state index in [4.69, 9.17) is 4.74 Å². The molecule has 0 bridgehead atoms. The van der Waals surface area contributed by atoms with Crippen molar-refractivity contribution in [2.45, 2.75) is 46.0 Å². The minimum atomic E-state index is -0.447. The summed E-state index contributed by atoms with van der Waals surface area (Å²) in [6, 6.07) is 14.4. The number of carbonyl (C=O) groups excluding carboxylic acids is 1. The zero-order valence-electron chi connectivity index (χ0n) is 16.2. The van der Waals surface area contributed by atoms with Gasteiger partial charge in [-0.3, -0.25) is 4.79 Å². The number of ether oxygens (including phenoxy) is 1. The number of hydrogen-bond donors (Lipinski definition) is 1. The number of thioether (sulfide) groups is 1. The molecule has 0 aliphatic heterocycles. The maximum absolute atomic E-state index is 12.4. The van der Waals surface area contributed by atoms with Crippen LogP contribution in [0.3, 0.4) is 0 Å². The highest BCUT2D eigenvalue weighted by Gasteiger charge is 2.18. The van der Waals surface area contributed by atoms with Crippen molar-refractivity contribution >= 4 is 17.7 Å². The Balaban J connectivity index is 1.75. The molecule has 0 saturated carbocycles. The maximum atomic E-state index is 12.4. The predicted octanol–water partition coefficient (Wildman–Crippen LogP) is 4.82. The number of hydrogen-bond acceptors (Lipinski definition) is 3. The highest BCUT2D eigenvalue weighted by molar-refractivity contribution is 7.98. The van der Waals surface area contributed by atoms with Gasteiger partial charge in [-0.25, -0.2) is 0 Å². The molecule has 0 fully saturated rings. The molecule has 0 heterocycles. The van der Waals surface area contributed by atoms with Gasteiger partial charge in [0.05, 0.1) is 0 Å².